The van der Waals surface area contributed by atoms with Gasteiger partial charge < -0.3 is 4.79 Å². The summed E-state index contributed by atoms with van der Waals surface area (Å²) in [4.78, 5) is 11.2. The van der Waals surface area contributed by atoms with E-state index in [0.29, 0.717) is 11.2 Å². The molecule has 0 aliphatic heterocycles. The van der Waals surface area contributed by atoms with Crippen molar-refractivity contribution in [2.75, 3.05) is 0 Å². The van der Waals surface area contributed by atoms with E-state index < -0.39 is 8.07 Å². The Morgan fingerprint density at radius 2 is 1.83 bits per heavy atom. The second kappa shape index (κ2) is 5.00. The van der Waals surface area contributed by atoms with Crippen LogP contribution in [-0.2, 0) is 4.79 Å². The highest BCUT2D eigenvalue weighted by molar-refractivity contribution is 6.89. The zero-order chi connectivity index (χ0) is 13.2. The summed E-state index contributed by atoms with van der Waals surface area (Å²) in [5.74, 6) is 0.348. The van der Waals surface area contributed by atoms with Crippen molar-refractivity contribution in [1.82, 2.24) is 0 Å². The van der Waals surface area contributed by atoms with Gasteiger partial charge in [-0.25, -0.2) is 0 Å². The Kier molecular flexibility index (Phi) is 3.76. The van der Waals surface area contributed by atoms with Gasteiger partial charge in [0.2, 0.25) is 0 Å². The highest BCUT2D eigenvalue weighted by Crippen LogP contribution is 2.55. The van der Waals surface area contributed by atoms with Crippen molar-refractivity contribution in [3.05, 3.63) is 30.3 Å². The van der Waals surface area contributed by atoms with E-state index in [-0.39, 0.29) is 0 Å². The molecule has 0 bridgehead atoms. The molecule has 98 valence electrons. The molecule has 1 saturated carbocycles. The summed E-state index contributed by atoms with van der Waals surface area (Å²) in [6, 6.07) is 12.3. The summed E-state index contributed by atoms with van der Waals surface area (Å²) < 4.78 is 0. The van der Waals surface area contributed by atoms with Gasteiger partial charge in [0, 0.05) is 6.42 Å². The molecule has 0 spiro atoms. The van der Waals surface area contributed by atoms with Crippen LogP contribution in [0.4, 0.5) is 0 Å². The van der Waals surface area contributed by atoms with Crippen molar-refractivity contribution in [3.8, 4) is 0 Å². The van der Waals surface area contributed by atoms with Crippen LogP contribution in [0, 0.1) is 5.41 Å². The van der Waals surface area contributed by atoms with Gasteiger partial charge in [0.05, 0.1) is 8.07 Å². The van der Waals surface area contributed by atoms with Gasteiger partial charge in [0.15, 0.2) is 0 Å². The molecule has 0 heterocycles. The third-order valence-corrected chi connectivity index (χ3v) is 7.87. The monoisotopic (exact) mass is 260 g/mol. The first-order chi connectivity index (χ1) is 8.44. The van der Waals surface area contributed by atoms with Crippen molar-refractivity contribution in [3.63, 3.8) is 0 Å². The molecular formula is C16H24OSi. The predicted molar refractivity (Wildman–Crippen MR) is 79.9 cm³/mol. The Morgan fingerprint density at radius 1 is 1.22 bits per heavy atom. The van der Waals surface area contributed by atoms with Gasteiger partial charge in [-0.1, -0.05) is 48.6 Å². The lowest BCUT2D eigenvalue weighted by Crippen LogP contribution is -2.43. The largest absolute Gasteiger partial charge is 0.300 e. The molecule has 0 N–H and O–H groups in total. The maximum atomic E-state index is 11.2. The van der Waals surface area contributed by atoms with Gasteiger partial charge >= 0.3 is 0 Å². The Morgan fingerprint density at radius 3 is 2.33 bits per heavy atom. The maximum Gasteiger partial charge on any atom is 0.129 e. The molecule has 0 amide bonds. The van der Waals surface area contributed by atoms with E-state index in [1.807, 2.05) is 0 Å². The molecule has 1 aliphatic carbocycles. The lowest BCUT2D eigenvalue weighted by Gasteiger charge is -2.28. The molecule has 1 aromatic carbocycles. The second-order valence-electron chi connectivity index (χ2n) is 6.63. The van der Waals surface area contributed by atoms with Crippen molar-refractivity contribution in [1.29, 1.82) is 0 Å². The summed E-state index contributed by atoms with van der Waals surface area (Å²) in [7, 11) is -1.34. The van der Waals surface area contributed by atoms with E-state index in [4.69, 9.17) is 0 Å². The topological polar surface area (TPSA) is 17.1 Å². The minimum Gasteiger partial charge on any atom is -0.300 e. The summed E-state index contributed by atoms with van der Waals surface area (Å²) in [6.07, 6.45) is 4.57. The standard InChI is InChI=1S/C16H24OSi/c1-14(17)9-10-16(11-12-16)13-18(2,3)15-7-5-4-6-8-15/h4-8H,9-13H2,1-3H3. The summed E-state index contributed by atoms with van der Waals surface area (Å²) in [5, 5.41) is 1.55. The number of rotatable bonds is 6. The van der Waals surface area contributed by atoms with Crippen LogP contribution < -0.4 is 5.19 Å². The van der Waals surface area contributed by atoms with Crippen molar-refractivity contribution >= 4 is 19.0 Å². The molecule has 2 rings (SSSR count). The molecule has 2 heteroatoms. The highest BCUT2D eigenvalue weighted by atomic mass is 28.3. The fourth-order valence-electron chi connectivity index (χ4n) is 3.06. The number of hydrogen-bond acceptors (Lipinski definition) is 1. The van der Waals surface area contributed by atoms with Crippen LogP contribution in [0.2, 0.25) is 19.1 Å². The summed E-state index contributed by atoms with van der Waals surface area (Å²) in [5.41, 5.74) is 0.511. The van der Waals surface area contributed by atoms with Crippen molar-refractivity contribution in [2.24, 2.45) is 5.41 Å². The molecule has 1 fully saturated rings. The number of Topliss-reactive ketones (excluding diaryl/α,β-unsaturated/α-hetero) is 1. The molecule has 0 unspecified atom stereocenters. The van der Waals surface area contributed by atoms with Gasteiger partial charge in [-0.15, -0.1) is 0 Å². The smallest absolute Gasteiger partial charge is 0.129 e. The molecule has 1 aromatic rings. The van der Waals surface area contributed by atoms with Crippen LogP contribution in [0.15, 0.2) is 30.3 Å². The average molecular weight is 260 g/mol. The van der Waals surface area contributed by atoms with E-state index in [1.165, 1.54) is 18.9 Å². The van der Waals surface area contributed by atoms with Gasteiger partial charge in [-0.05, 0) is 37.6 Å². The molecule has 0 radical (unpaired) electrons. The van der Waals surface area contributed by atoms with Gasteiger partial charge in [0.25, 0.3) is 0 Å². The quantitative estimate of drug-likeness (QED) is 0.712. The lowest BCUT2D eigenvalue weighted by molar-refractivity contribution is -0.117. The van der Waals surface area contributed by atoms with E-state index in [2.05, 4.69) is 43.4 Å². The molecule has 1 nitrogen and oxygen atoms in total. The SMILES string of the molecule is CC(=O)CCC1(C[Si](C)(C)c2ccccc2)CC1. The zero-order valence-corrected chi connectivity index (χ0v) is 12.8. The Bertz CT molecular complexity index is 418. The zero-order valence-electron chi connectivity index (χ0n) is 11.8. The molecule has 1 aliphatic rings. The number of carbonyl (C=O) groups is 1. The van der Waals surface area contributed by atoms with E-state index >= 15 is 0 Å². The number of ketones is 1. The normalized spacial score (nSPS) is 17.5. The summed E-state index contributed by atoms with van der Waals surface area (Å²) in [6.45, 7) is 6.65. The van der Waals surface area contributed by atoms with Crippen LogP contribution in [0.1, 0.15) is 32.6 Å². The molecule has 18 heavy (non-hydrogen) atoms. The Labute approximate surface area is 112 Å². The van der Waals surface area contributed by atoms with E-state index in [1.54, 1.807) is 12.1 Å². The van der Waals surface area contributed by atoms with E-state index in [0.717, 1.165) is 12.8 Å². The Balaban J connectivity index is 2.02. The Hall–Kier alpha value is -0.893. The molecule has 0 atom stereocenters. The fourth-order valence-corrected chi connectivity index (χ4v) is 6.77. The van der Waals surface area contributed by atoms with E-state index in [9.17, 15) is 4.79 Å². The van der Waals surface area contributed by atoms with Crippen LogP contribution in [0.5, 0.6) is 0 Å². The highest BCUT2D eigenvalue weighted by Gasteiger charge is 2.46. The first-order valence-electron chi connectivity index (χ1n) is 6.99. The van der Waals surface area contributed by atoms with Gasteiger partial charge in [-0.3, -0.25) is 0 Å². The third-order valence-electron chi connectivity index (χ3n) is 4.34. The van der Waals surface area contributed by atoms with Crippen LogP contribution in [-0.4, -0.2) is 13.9 Å². The van der Waals surface area contributed by atoms with Crippen LogP contribution in [0.25, 0.3) is 0 Å². The number of carbonyl (C=O) groups excluding carboxylic acids is 1. The second-order valence-corrected chi connectivity index (χ2v) is 11.3. The fraction of sp³-hybridized carbons (Fsp3) is 0.562. The minimum atomic E-state index is -1.34. The first kappa shape index (κ1) is 13.5. The minimum absolute atomic E-state index is 0.348. The third kappa shape index (κ3) is 3.32. The summed E-state index contributed by atoms with van der Waals surface area (Å²) >= 11 is 0. The maximum absolute atomic E-state index is 11.2. The predicted octanol–water partition coefficient (Wildman–Crippen LogP) is 3.75. The number of hydrogen-bond donors (Lipinski definition) is 0. The molecule has 0 aromatic heterocycles. The van der Waals surface area contributed by atoms with Crippen molar-refractivity contribution < 1.29 is 4.79 Å². The first-order valence-corrected chi connectivity index (χ1v) is 10.2. The van der Waals surface area contributed by atoms with Gasteiger partial charge in [0.1, 0.15) is 5.78 Å². The average Bonchev–Trinajstić information content (AvgIpc) is 3.07. The van der Waals surface area contributed by atoms with Crippen LogP contribution in [0.3, 0.4) is 0 Å². The van der Waals surface area contributed by atoms with Crippen molar-refractivity contribution in [2.45, 2.75) is 51.7 Å². The lowest BCUT2D eigenvalue weighted by atomic mass is 10.0. The van der Waals surface area contributed by atoms with Crippen LogP contribution >= 0.6 is 0 Å². The molecular weight excluding hydrogens is 236 g/mol. The van der Waals surface area contributed by atoms with Gasteiger partial charge in [-0.2, -0.15) is 0 Å². The molecule has 0 saturated heterocycles. The number of benzene rings is 1.